The van der Waals surface area contributed by atoms with Gasteiger partial charge in [0, 0.05) is 5.56 Å². The number of hydrogen-bond donors (Lipinski definition) is 2. The fourth-order valence-corrected chi connectivity index (χ4v) is 1.76. The quantitative estimate of drug-likeness (QED) is 0.859. The van der Waals surface area contributed by atoms with Gasteiger partial charge in [0.25, 0.3) is 11.8 Å². The maximum Gasteiger partial charge on any atom is 0.253 e. The molecule has 19 heavy (non-hydrogen) atoms. The van der Waals surface area contributed by atoms with Crippen molar-refractivity contribution in [3.63, 3.8) is 0 Å². The number of benzene rings is 1. The number of methoxy groups -OCH3 is 1. The van der Waals surface area contributed by atoms with Crippen molar-refractivity contribution in [2.75, 3.05) is 7.11 Å². The second-order valence-electron chi connectivity index (χ2n) is 3.81. The second-order valence-corrected chi connectivity index (χ2v) is 3.81. The maximum absolute atomic E-state index is 11.5. The van der Waals surface area contributed by atoms with Crippen molar-refractivity contribution in [2.24, 2.45) is 11.5 Å². The van der Waals surface area contributed by atoms with Crippen LogP contribution in [0.5, 0.6) is 5.75 Å². The third kappa shape index (κ3) is 2.28. The van der Waals surface area contributed by atoms with Gasteiger partial charge in [-0.2, -0.15) is 0 Å². The summed E-state index contributed by atoms with van der Waals surface area (Å²) in [5.74, 6) is -0.766. The summed E-state index contributed by atoms with van der Waals surface area (Å²) >= 11 is 0. The van der Waals surface area contributed by atoms with Gasteiger partial charge in [0.2, 0.25) is 0 Å². The SMILES string of the molecule is COc1cccc(-c2occ(C(N)=O)c2C(N)=O)c1. The van der Waals surface area contributed by atoms with Gasteiger partial charge >= 0.3 is 0 Å². The molecule has 1 aromatic carbocycles. The first-order valence-corrected chi connectivity index (χ1v) is 5.40. The van der Waals surface area contributed by atoms with Crippen LogP contribution in [0.4, 0.5) is 0 Å². The Kier molecular flexibility index (Phi) is 3.24. The van der Waals surface area contributed by atoms with E-state index in [0.29, 0.717) is 11.3 Å². The molecule has 0 aliphatic carbocycles. The summed E-state index contributed by atoms with van der Waals surface area (Å²) in [7, 11) is 1.52. The molecular weight excluding hydrogens is 248 g/mol. The van der Waals surface area contributed by atoms with Crippen LogP contribution in [0.1, 0.15) is 20.7 Å². The van der Waals surface area contributed by atoms with Gasteiger partial charge in [0.15, 0.2) is 0 Å². The molecule has 0 saturated carbocycles. The summed E-state index contributed by atoms with van der Waals surface area (Å²) < 4.78 is 10.3. The van der Waals surface area contributed by atoms with E-state index < -0.39 is 11.8 Å². The number of primary amides is 2. The Bertz CT molecular complexity index is 646. The number of amides is 2. The molecule has 0 bridgehead atoms. The Morgan fingerprint density at radius 2 is 1.95 bits per heavy atom. The molecule has 4 N–H and O–H groups in total. The van der Waals surface area contributed by atoms with Crippen LogP contribution in [0.15, 0.2) is 34.9 Å². The highest BCUT2D eigenvalue weighted by Gasteiger charge is 2.23. The Hall–Kier alpha value is -2.76. The molecule has 0 unspecified atom stereocenters. The zero-order chi connectivity index (χ0) is 14.0. The van der Waals surface area contributed by atoms with Crippen molar-refractivity contribution in [1.29, 1.82) is 0 Å². The van der Waals surface area contributed by atoms with Gasteiger partial charge in [-0.3, -0.25) is 9.59 Å². The molecule has 0 aliphatic heterocycles. The van der Waals surface area contributed by atoms with E-state index in [-0.39, 0.29) is 16.9 Å². The maximum atomic E-state index is 11.5. The van der Waals surface area contributed by atoms with Gasteiger partial charge in [-0.1, -0.05) is 12.1 Å². The van der Waals surface area contributed by atoms with Gasteiger partial charge in [-0.05, 0) is 12.1 Å². The zero-order valence-corrected chi connectivity index (χ0v) is 10.2. The number of carbonyl (C=O) groups excluding carboxylic acids is 2. The molecule has 0 fully saturated rings. The van der Waals surface area contributed by atoms with E-state index >= 15 is 0 Å². The first kappa shape index (κ1) is 12.7. The third-order valence-corrected chi connectivity index (χ3v) is 2.63. The lowest BCUT2D eigenvalue weighted by atomic mass is 10.0. The molecular formula is C13H12N2O4. The van der Waals surface area contributed by atoms with Crippen LogP contribution >= 0.6 is 0 Å². The largest absolute Gasteiger partial charge is 0.497 e. The minimum atomic E-state index is -0.777. The smallest absolute Gasteiger partial charge is 0.253 e. The average Bonchev–Trinajstić information content (AvgIpc) is 2.83. The van der Waals surface area contributed by atoms with Crippen LogP contribution in [0.3, 0.4) is 0 Å². The molecule has 0 radical (unpaired) electrons. The van der Waals surface area contributed by atoms with E-state index in [1.807, 2.05) is 0 Å². The number of hydrogen-bond acceptors (Lipinski definition) is 4. The summed E-state index contributed by atoms with van der Waals surface area (Å²) in [5, 5.41) is 0. The lowest BCUT2D eigenvalue weighted by molar-refractivity contribution is 0.0968. The van der Waals surface area contributed by atoms with E-state index in [1.165, 1.54) is 7.11 Å². The highest BCUT2D eigenvalue weighted by Crippen LogP contribution is 2.30. The zero-order valence-electron chi connectivity index (χ0n) is 10.2. The monoisotopic (exact) mass is 260 g/mol. The minimum absolute atomic E-state index is 0.0271. The Morgan fingerprint density at radius 3 is 2.53 bits per heavy atom. The molecule has 0 aliphatic rings. The van der Waals surface area contributed by atoms with Crippen LogP contribution < -0.4 is 16.2 Å². The first-order chi connectivity index (χ1) is 9.04. The van der Waals surface area contributed by atoms with Gasteiger partial charge < -0.3 is 20.6 Å². The van der Waals surface area contributed by atoms with Crippen molar-refractivity contribution < 1.29 is 18.7 Å². The molecule has 6 heteroatoms. The molecule has 2 rings (SSSR count). The van der Waals surface area contributed by atoms with Gasteiger partial charge in [-0.15, -0.1) is 0 Å². The number of nitrogens with two attached hydrogens (primary N) is 2. The molecule has 2 amide bonds. The summed E-state index contributed by atoms with van der Waals surface area (Å²) in [6.07, 6.45) is 1.12. The van der Waals surface area contributed by atoms with Crippen LogP contribution in [-0.2, 0) is 0 Å². The lowest BCUT2D eigenvalue weighted by Gasteiger charge is -2.03. The lowest BCUT2D eigenvalue weighted by Crippen LogP contribution is -2.19. The number of furan rings is 1. The summed E-state index contributed by atoms with van der Waals surface area (Å²) in [6, 6.07) is 6.84. The fourth-order valence-electron chi connectivity index (χ4n) is 1.76. The van der Waals surface area contributed by atoms with Gasteiger partial charge in [0.05, 0.1) is 18.2 Å². The third-order valence-electron chi connectivity index (χ3n) is 2.63. The number of ether oxygens (including phenoxy) is 1. The van der Waals surface area contributed by atoms with E-state index in [2.05, 4.69) is 0 Å². The van der Waals surface area contributed by atoms with Crippen LogP contribution in [0.2, 0.25) is 0 Å². The average molecular weight is 260 g/mol. The van der Waals surface area contributed by atoms with Gasteiger partial charge in [0.1, 0.15) is 17.8 Å². The molecule has 6 nitrogen and oxygen atoms in total. The fraction of sp³-hybridized carbons (Fsp3) is 0.0769. The normalized spacial score (nSPS) is 10.2. The molecule has 1 heterocycles. The van der Waals surface area contributed by atoms with E-state index in [9.17, 15) is 9.59 Å². The van der Waals surface area contributed by atoms with Crippen LogP contribution in [0, 0.1) is 0 Å². The van der Waals surface area contributed by atoms with Crippen molar-refractivity contribution in [3.05, 3.63) is 41.7 Å². The van der Waals surface area contributed by atoms with Crippen molar-refractivity contribution in [3.8, 4) is 17.1 Å². The molecule has 2 aromatic rings. The van der Waals surface area contributed by atoms with Crippen LogP contribution in [-0.4, -0.2) is 18.9 Å². The number of carbonyl (C=O) groups is 2. The van der Waals surface area contributed by atoms with E-state index in [1.54, 1.807) is 24.3 Å². The highest BCUT2D eigenvalue weighted by atomic mass is 16.5. The topological polar surface area (TPSA) is 109 Å². The highest BCUT2D eigenvalue weighted by molar-refractivity contribution is 6.09. The molecule has 1 aromatic heterocycles. The van der Waals surface area contributed by atoms with Crippen molar-refractivity contribution in [1.82, 2.24) is 0 Å². The van der Waals surface area contributed by atoms with E-state index in [4.69, 9.17) is 20.6 Å². The summed E-state index contributed by atoms with van der Waals surface area (Å²) in [5.41, 5.74) is 10.9. The van der Waals surface area contributed by atoms with Crippen molar-refractivity contribution >= 4 is 11.8 Å². The predicted octanol–water partition coefficient (Wildman–Crippen LogP) is 1.15. The molecule has 0 saturated heterocycles. The standard InChI is InChI=1S/C13H12N2O4/c1-18-8-4-2-3-7(5-8)11-10(13(15)17)9(6-19-11)12(14)16/h2-6H,1H3,(H2,14,16)(H2,15,17). The Morgan fingerprint density at radius 1 is 1.21 bits per heavy atom. The van der Waals surface area contributed by atoms with Crippen molar-refractivity contribution in [2.45, 2.75) is 0 Å². The molecule has 98 valence electrons. The Balaban J connectivity index is 2.62. The van der Waals surface area contributed by atoms with Crippen LogP contribution in [0.25, 0.3) is 11.3 Å². The second kappa shape index (κ2) is 4.85. The summed E-state index contributed by atoms with van der Waals surface area (Å²) in [4.78, 5) is 22.7. The summed E-state index contributed by atoms with van der Waals surface area (Å²) in [6.45, 7) is 0. The van der Waals surface area contributed by atoms with E-state index in [0.717, 1.165) is 6.26 Å². The minimum Gasteiger partial charge on any atom is -0.497 e. The predicted molar refractivity (Wildman–Crippen MR) is 67.7 cm³/mol. The number of rotatable bonds is 4. The Labute approximate surface area is 108 Å². The van der Waals surface area contributed by atoms with Gasteiger partial charge in [-0.25, -0.2) is 0 Å². The molecule has 0 spiro atoms. The molecule has 0 atom stereocenters. The first-order valence-electron chi connectivity index (χ1n) is 5.40.